The lowest BCUT2D eigenvalue weighted by Crippen LogP contribution is -2.38. The van der Waals surface area contributed by atoms with Gasteiger partial charge in [-0.2, -0.15) is 0 Å². The molecule has 0 aliphatic carbocycles. The first-order valence-electron chi connectivity index (χ1n) is 10.5. The number of sulfone groups is 1. The molecule has 0 spiro atoms. The van der Waals surface area contributed by atoms with Gasteiger partial charge in [0.25, 0.3) is 5.91 Å². The van der Waals surface area contributed by atoms with Crippen molar-refractivity contribution in [1.82, 2.24) is 10.2 Å². The van der Waals surface area contributed by atoms with Crippen LogP contribution in [0.2, 0.25) is 5.02 Å². The highest BCUT2D eigenvalue weighted by atomic mass is 35.5. The number of amides is 1. The lowest BCUT2D eigenvalue weighted by atomic mass is 10.0. The Bertz CT molecular complexity index is 1170. The van der Waals surface area contributed by atoms with E-state index in [-0.39, 0.29) is 21.8 Å². The van der Waals surface area contributed by atoms with Crippen LogP contribution in [-0.2, 0) is 9.84 Å². The number of hydrogen-bond donors (Lipinski definition) is 1. The molecular formula is C24H27ClN2O4S. The van der Waals surface area contributed by atoms with Crippen LogP contribution in [-0.4, -0.2) is 38.9 Å². The fourth-order valence-electron chi connectivity index (χ4n) is 3.54. The predicted molar refractivity (Wildman–Crippen MR) is 125 cm³/mol. The van der Waals surface area contributed by atoms with Crippen molar-refractivity contribution in [3.05, 3.63) is 82.6 Å². The summed E-state index contributed by atoms with van der Waals surface area (Å²) in [6.45, 7) is 7.82. The minimum atomic E-state index is -3.84. The number of likely N-dealkylation sites (N-methyl/N-ethyl adjacent to an activating group) is 1. The summed E-state index contributed by atoms with van der Waals surface area (Å²) in [5, 5.41) is 3.22. The molecule has 170 valence electrons. The van der Waals surface area contributed by atoms with E-state index < -0.39 is 15.7 Å². The highest BCUT2D eigenvalue weighted by molar-refractivity contribution is 7.91. The molecule has 0 fully saturated rings. The summed E-state index contributed by atoms with van der Waals surface area (Å²) < 4.78 is 31.0. The normalized spacial score (nSPS) is 12.7. The Morgan fingerprint density at radius 3 is 2.31 bits per heavy atom. The number of benzene rings is 2. The zero-order chi connectivity index (χ0) is 23.3. The second-order valence-corrected chi connectivity index (χ2v) is 9.69. The first-order valence-corrected chi connectivity index (χ1v) is 12.3. The van der Waals surface area contributed by atoms with Crippen LogP contribution in [0, 0.1) is 6.92 Å². The van der Waals surface area contributed by atoms with Crippen molar-refractivity contribution in [3.8, 4) is 0 Å². The molecule has 1 heterocycles. The van der Waals surface area contributed by atoms with Crippen molar-refractivity contribution in [2.45, 2.75) is 36.8 Å². The molecule has 0 saturated carbocycles. The van der Waals surface area contributed by atoms with Gasteiger partial charge in [-0.15, -0.1) is 0 Å². The van der Waals surface area contributed by atoms with Crippen LogP contribution in [0.5, 0.6) is 0 Å². The molecule has 3 aromatic rings. The highest BCUT2D eigenvalue weighted by Crippen LogP contribution is 2.27. The van der Waals surface area contributed by atoms with E-state index in [1.165, 1.54) is 24.3 Å². The molecule has 2 aromatic carbocycles. The predicted octanol–water partition coefficient (Wildman–Crippen LogP) is 4.89. The molecule has 0 bridgehead atoms. The van der Waals surface area contributed by atoms with Crippen LogP contribution in [0.3, 0.4) is 0 Å². The van der Waals surface area contributed by atoms with Crippen molar-refractivity contribution in [3.63, 3.8) is 0 Å². The number of aryl methyl sites for hydroxylation is 1. The van der Waals surface area contributed by atoms with Gasteiger partial charge >= 0.3 is 0 Å². The van der Waals surface area contributed by atoms with Crippen LogP contribution < -0.4 is 5.32 Å². The number of halogens is 1. The number of nitrogens with one attached hydrogen (secondary N) is 1. The molecule has 1 N–H and O–H groups in total. The van der Waals surface area contributed by atoms with Crippen LogP contribution in [0.15, 0.2) is 75.1 Å². The Hall–Kier alpha value is -2.61. The molecule has 32 heavy (non-hydrogen) atoms. The van der Waals surface area contributed by atoms with Gasteiger partial charge in [0, 0.05) is 11.6 Å². The third-order valence-corrected chi connectivity index (χ3v) is 7.36. The molecule has 1 atom stereocenters. The summed E-state index contributed by atoms with van der Waals surface area (Å²) in [5.74, 6) is -0.548. The zero-order valence-electron chi connectivity index (χ0n) is 18.3. The van der Waals surface area contributed by atoms with E-state index in [4.69, 9.17) is 16.0 Å². The minimum absolute atomic E-state index is 0.0619. The van der Waals surface area contributed by atoms with Gasteiger partial charge in [-0.3, -0.25) is 9.69 Å². The van der Waals surface area contributed by atoms with Crippen LogP contribution in [0.1, 0.15) is 41.6 Å². The van der Waals surface area contributed by atoms with Gasteiger partial charge in [0.05, 0.1) is 10.9 Å². The Kier molecular flexibility index (Phi) is 7.77. The van der Waals surface area contributed by atoms with Crippen molar-refractivity contribution >= 4 is 27.3 Å². The van der Waals surface area contributed by atoms with Crippen LogP contribution >= 0.6 is 11.6 Å². The monoisotopic (exact) mass is 474 g/mol. The van der Waals surface area contributed by atoms with E-state index in [1.54, 1.807) is 12.1 Å². The molecule has 1 unspecified atom stereocenters. The molecule has 8 heteroatoms. The maximum Gasteiger partial charge on any atom is 0.287 e. The molecular weight excluding hydrogens is 448 g/mol. The summed E-state index contributed by atoms with van der Waals surface area (Å²) in [5.41, 5.74) is 1.87. The number of hydrogen-bond acceptors (Lipinski definition) is 5. The van der Waals surface area contributed by atoms with E-state index in [1.807, 2.05) is 45.0 Å². The number of furan rings is 1. The van der Waals surface area contributed by atoms with E-state index >= 15 is 0 Å². The number of carbonyl (C=O) groups is 1. The summed E-state index contributed by atoms with van der Waals surface area (Å²) in [7, 11) is -3.84. The molecule has 3 rings (SSSR count). The van der Waals surface area contributed by atoms with E-state index in [0.29, 0.717) is 11.6 Å². The summed E-state index contributed by atoms with van der Waals surface area (Å²) >= 11 is 6.41. The van der Waals surface area contributed by atoms with Gasteiger partial charge in [0.1, 0.15) is 0 Å². The first-order chi connectivity index (χ1) is 15.3. The number of carbonyl (C=O) groups excluding carboxylic acids is 1. The summed E-state index contributed by atoms with van der Waals surface area (Å²) in [6, 6.07) is 16.6. The molecule has 0 aliphatic heterocycles. The molecule has 0 radical (unpaired) electrons. The number of rotatable bonds is 9. The molecule has 1 aromatic heterocycles. The van der Waals surface area contributed by atoms with Gasteiger partial charge in [-0.1, -0.05) is 61.3 Å². The molecule has 0 aliphatic rings. The van der Waals surface area contributed by atoms with Gasteiger partial charge < -0.3 is 9.73 Å². The smallest absolute Gasteiger partial charge is 0.287 e. The van der Waals surface area contributed by atoms with Crippen molar-refractivity contribution in [2.24, 2.45) is 0 Å². The van der Waals surface area contributed by atoms with Gasteiger partial charge in [0.15, 0.2) is 5.76 Å². The fraction of sp³-hybridized carbons (Fsp3) is 0.292. The number of nitrogens with zero attached hydrogens (tertiary/aromatic N) is 1. The second kappa shape index (κ2) is 10.3. The molecule has 0 saturated heterocycles. The van der Waals surface area contributed by atoms with E-state index in [2.05, 4.69) is 10.2 Å². The third kappa shape index (κ3) is 5.23. The van der Waals surface area contributed by atoms with Crippen molar-refractivity contribution in [2.75, 3.05) is 19.6 Å². The largest absolute Gasteiger partial charge is 0.439 e. The lowest BCUT2D eigenvalue weighted by molar-refractivity contribution is 0.0902. The maximum atomic E-state index is 12.8. The lowest BCUT2D eigenvalue weighted by Gasteiger charge is -2.30. The van der Waals surface area contributed by atoms with Gasteiger partial charge in [-0.25, -0.2) is 8.42 Å². The second-order valence-electron chi connectivity index (χ2n) is 7.40. The van der Waals surface area contributed by atoms with Gasteiger partial charge in [-0.05, 0) is 55.9 Å². The van der Waals surface area contributed by atoms with Crippen LogP contribution in [0.4, 0.5) is 0 Å². The quantitative estimate of drug-likeness (QED) is 0.477. The van der Waals surface area contributed by atoms with Gasteiger partial charge in [0.2, 0.25) is 14.9 Å². The Morgan fingerprint density at radius 2 is 1.69 bits per heavy atom. The Morgan fingerprint density at radius 1 is 1.03 bits per heavy atom. The third-order valence-electron chi connectivity index (χ3n) is 5.37. The maximum absolute atomic E-state index is 12.8. The van der Waals surface area contributed by atoms with E-state index in [0.717, 1.165) is 24.2 Å². The average Bonchev–Trinajstić information content (AvgIpc) is 3.29. The highest BCUT2D eigenvalue weighted by Gasteiger charge is 2.25. The van der Waals surface area contributed by atoms with Crippen LogP contribution in [0.25, 0.3) is 0 Å². The minimum Gasteiger partial charge on any atom is -0.439 e. The summed E-state index contributed by atoms with van der Waals surface area (Å²) in [6.07, 6.45) is 0. The topological polar surface area (TPSA) is 79.6 Å². The summed E-state index contributed by atoms with van der Waals surface area (Å²) in [4.78, 5) is 15.0. The first kappa shape index (κ1) is 24.0. The zero-order valence-corrected chi connectivity index (χ0v) is 19.9. The fourth-order valence-corrected chi connectivity index (χ4v) is 4.98. The average molecular weight is 475 g/mol. The Labute approximate surface area is 194 Å². The standard InChI is InChI=1S/C24H27ClN2O4S/c1-4-27(5-2)21(19-8-6-7-9-20(19)25)16-26-24(28)22-14-15-23(31-22)32(29,30)18-12-10-17(3)11-13-18/h6-15,21H,4-5,16H2,1-3H3,(H,26,28). The molecule has 6 nitrogen and oxygen atoms in total. The van der Waals surface area contributed by atoms with E-state index in [9.17, 15) is 13.2 Å². The molecule has 1 amide bonds. The Balaban J connectivity index is 1.77. The van der Waals surface area contributed by atoms with Crippen molar-refractivity contribution < 1.29 is 17.6 Å². The van der Waals surface area contributed by atoms with Crippen molar-refractivity contribution in [1.29, 1.82) is 0 Å². The SMILES string of the molecule is CCN(CC)C(CNC(=O)c1ccc(S(=O)(=O)c2ccc(C)cc2)o1)c1ccccc1Cl.